The minimum absolute atomic E-state index is 0.242. The van der Waals surface area contributed by atoms with Gasteiger partial charge in [-0.05, 0) is 57.0 Å². The zero-order chi connectivity index (χ0) is 22.7. The van der Waals surface area contributed by atoms with Crippen molar-refractivity contribution >= 4 is 6.03 Å². The zero-order valence-electron chi connectivity index (χ0n) is 18.8. The quantitative estimate of drug-likeness (QED) is 0.456. The lowest BCUT2D eigenvalue weighted by Crippen LogP contribution is -2.47. The molecule has 1 aliphatic rings. The molecule has 1 N–H and O–H groups in total. The van der Waals surface area contributed by atoms with Crippen LogP contribution in [0.2, 0.25) is 0 Å². The number of hydroxylamine groups is 2. The van der Waals surface area contributed by atoms with E-state index < -0.39 is 0 Å². The summed E-state index contributed by atoms with van der Waals surface area (Å²) in [7, 11) is 1.66. The Morgan fingerprint density at radius 1 is 1.09 bits per heavy atom. The number of amides is 2. The first kappa shape index (κ1) is 21.9. The number of rotatable bonds is 5. The Kier molecular flexibility index (Phi) is 6.46. The second kappa shape index (κ2) is 9.44. The highest BCUT2D eigenvalue weighted by molar-refractivity contribution is 5.73. The van der Waals surface area contributed by atoms with Gasteiger partial charge in [-0.3, -0.25) is 5.21 Å². The van der Waals surface area contributed by atoms with E-state index in [4.69, 9.17) is 9.84 Å². The third-order valence-corrected chi connectivity index (χ3v) is 5.98. The zero-order valence-corrected chi connectivity index (χ0v) is 18.8. The van der Waals surface area contributed by atoms with Crippen molar-refractivity contribution in [3.8, 4) is 22.7 Å². The fraction of sp³-hybridized carbons (Fsp3) is 0.360. The van der Waals surface area contributed by atoms with Crippen molar-refractivity contribution in [2.45, 2.75) is 38.6 Å². The van der Waals surface area contributed by atoms with Crippen LogP contribution in [-0.2, 0) is 0 Å². The second-order valence-electron chi connectivity index (χ2n) is 8.41. The number of nitrogens with zero attached hydrogens (tertiary/aromatic N) is 4. The van der Waals surface area contributed by atoms with Crippen molar-refractivity contribution in [2.75, 3.05) is 20.2 Å². The van der Waals surface area contributed by atoms with Gasteiger partial charge in [0, 0.05) is 24.6 Å². The molecule has 2 aromatic carbocycles. The summed E-state index contributed by atoms with van der Waals surface area (Å²) in [5.41, 5.74) is 4.13. The fourth-order valence-corrected chi connectivity index (χ4v) is 4.07. The average Bonchev–Trinajstić information content (AvgIpc) is 3.29. The lowest BCUT2D eigenvalue weighted by atomic mass is 9.93. The molecule has 0 spiro atoms. The fourth-order valence-electron chi connectivity index (χ4n) is 4.07. The molecule has 0 aliphatic carbocycles. The number of urea groups is 1. The number of hydrogen-bond donors (Lipinski definition) is 1. The van der Waals surface area contributed by atoms with Crippen LogP contribution in [0, 0.1) is 0 Å². The van der Waals surface area contributed by atoms with Gasteiger partial charge in [0.25, 0.3) is 0 Å². The van der Waals surface area contributed by atoms with Gasteiger partial charge in [0.2, 0.25) is 0 Å². The number of ether oxygens (including phenoxy) is 1. The van der Waals surface area contributed by atoms with Crippen LogP contribution in [-0.4, -0.2) is 57.2 Å². The largest absolute Gasteiger partial charge is 0.497 e. The normalized spacial score (nSPS) is 14.6. The van der Waals surface area contributed by atoms with E-state index >= 15 is 0 Å². The van der Waals surface area contributed by atoms with E-state index in [-0.39, 0.29) is 18.0 Å². The Balaban J connectivity index is 1.59. The lowest BCUT2D eigenvalue weighted by molar-refractivity contribution is -0.0814. The molecule has 0 atom stereocenters. The van der Waals surface area contributed by atoms with Crippen molar-refractivity contribution < 1.29 is 14.7 Å². The summed E-state index contributed by atoms with van der Waals surface area (Å²) in [5.74, 6) is 1.06. The Morgan fingerprint density at radius 2 is 1.75 bits per heavy atom. The van der Waals surface area contributed by atoms with E-state index in [1.807, 2.05) is 47.1 Å². The summed E-state index contributed by atoms with van der Waals surface area (Å²) < 4.78 is 7.28. The highest BCUT2D eigenvalue weighted by Crippen LogP contribution is 2.32. The Labute approximate surface area is 188 Å². The van der Waals surface area contributed by atoms with Gasteiger partial charge >= 0.3 is 6.03 Å². The smallest absolute Gasteiger partial charge is 0.343 e. The summed E-state index contributed by atoms with van der Waals surface area (Å²) >= 11 is 0. The van der Waals surface area contributed by atoms with Crippen LogP contribution in [0.3, 0.4) is 0 Å². The van der Waals surface area contributed by atoms with Crippen LogP contribution in [0.5, 0.6) is 5.75 Å². The van der Waals surface area contributed by atoms with Crippen LogP contribution < -0.4 is 4.74 Å². The number of methoxy groups -OCH3 is 1. The molecule has 7 nitrogen and oxygen atoms in total. The maximum absolute atomic E-state index is 12.4. The van der Waals surface area contributed by atoms with Gasteiger partial charge in [0.05, 0.1) is 30.2 Å². The van der Waals surface area contributed by atoms with E-state index in [9.17, 15) is 10.0 Å². The first-order chi connectivity index (χ1) is 15.5. The Morgan fingerprint density at radius 3 is 2.34 bits per heavy atom. The minimum Gasteiger partial charge on any atom is -0.497 e. The molecule has 1 aliphatic heterocycles. The first-order valence-corrected chi connectivity index (χ1v) is 11.0. The molecule has 0 radical (unpaired) electrons. The SMILES string of the molecule is COc1ccc(-n2nc(C3CCN(C(=O)N(O)C(C)C)CC3)cc2-c2ccccc2)cc1. The predicted octanol–water partition coefficient (Wildman–Crippen LogP) is 4.95. The predicted molar refractivity (Wildman–Crippen MR) is 123 cm³/mol. The number of carbonyl (C=O) groups excluding carboxylic acids is 1. The number of piperidine rings is 1. The summed E-state index contributed by atoms with van der Waals surface area (Å²) in [5, 5.41) is 15.8. The molecule has 3 aromatic rings. The van der Waals surface area contributed by atoms with Crippen LogP contribution in [0.4, 0.5) is 4.79 Å². The second-order valence-corrected chi connectivity index (χ2v) is 8.41. The van der Waals surface area contributed by atoms with Gasteiger partial charge in [-0.25, -0.2) is 14.5 Å². The molecule has 1 fully saturated rings. The van der Waals surface area contributed by atoms with E-state index in [1.54, 1.807) is 25.9 Å². The molecule has 2 amide bonds. The summed E-state index contributed by atoms with van der Waals surface area (Å²) in [6.45, 7) is 4.79. The van der Waals surface area contributed by atoms with Gasteiger partial charge in [-0.1, -0.05) is 30.3 Å². The monoisotopic (exact) mass is 434 g/mol. The maximum Gasteiger partial charge on any atom is 0.343 e. The van der Waals surface area contributed by atoms with E-state index in [0.717, 1.165) is 46.3 Å². The molecule has 1 saturated heterocycles. The van der Waals surface area contributed by atoms with Gasteiger partial charge in [-0.15, -0.1) is 0 Å². The molecular formula is C25H30N4O3. The number of hydrogen-bond acceptors (Lipinski definition) is 4. The highest BCUT2D eigenvalue weighted by Gasteiger charge is 2.29. The molecule has 7 heteroatoms. The molecule has 0 saturated carbocycles. The third kappa shape index (κ3) is 4.48. The van der Waals surface area contributed by atoms with Gasteiger partial charge in [0.15, 0.2) is 0 Å². The van der Waals surface area contributed by atoms with Crippen molar-refractivity contribution in [1.29, 1.82) is 0 Å². The van der Waals surface area contributed by atoms with E-state index in [0.29, 0.717) is 13.1 Å². The van der Waals surface area contributed by atoms with E-state index in [1.165, 1.54) is 0 Å². The van der Waals surface area contributed by atoms with Crippen molar-refractivity contribution in [3.63, 3.8) is 0 Å². The first-order valence-electron chi connectivity index (χ1n) is 11.0. The molecule has 168 valence electrons. The standard InChI is InChI=1S/C25H30N4O3/c1-18(2)29(31)25(30)27-15-13-19(14-16-27)23-17-24(20-7-5-4-6-8-20)28(26-23)21-9-11-22(32-3)12-10-21/h4-12,17-19,31H,13-16H2,1-3H3. The Hall–Kier alpha value is -3.32. The average molecular weight is 435 g/mol. The van der Waals surface area contributed by atoms with Crippen molar-refractivity contribution in [1.82, 2.24) is 19.7 Å². The number of benzene rings is 2. The minimum atomic E-state index is -0.327. The van der Waals surface area contributed by atoms with E-state index in [2.05, 4.69) is 18.2 Å². The van der Waals surface area contributed by atoms with Crippen LogP contribution in [0.25, 0.3) is 16.9 Å². The highest BCUT2D eigenvalue weighted by atomic mass is 16.5. The Bertz CT molecular complexity index is 1040. The summed E-state index contributed by atoms with van der Waals surface area (Å²) in [6.07, 6.45) is 1.62. The maximum atomic E-state index is 12.4. The topological polar surface area (TPSA) is 70.8 Å². The van der Waals surface area contributed by atoms with Crippen LogP contribution in [0.15, 0.2) is 60.7 Å². The summed E-state index contributed by atoms with van der Waals surface area (Å²) in [6, 6.07) is 19.7. The van der Waals surface area contributed by atoms with Crippen molar-refractivity contribution in [2.24, 2.45) is 0 Å². The van der Waals surface area contributed by atoms with Gasteiger partial charge in [0.1, 0.15) is 5.75 Å². The third-order valence-electron chi connectivity index (χ3n) is 5.98. The number of carbonyl (C=O) groups is 1. The number of aromatic nitrogens is 2. The van der Waals surface area contributed by atoms with Crippen LogP contribution in [0.1, 0.15) is 38.3 Å². The molecule has 32 heavy (non-hydrogen) atoms. The van der Waals surface area contributed by atoms with Crippen molar-refractivity contribution in [3.05, 3.63) is 66.4 Å². The lowest BCUT2D eigenvalue weighted by Gasteiger charge is -2.34. The van der Waals surface area contributed by atoms with Crippen LogP contribution >= 0.6 is 0 Å². The molecule has 2 heterocycles. The molecule has 4 rings (SSSR count). The molecule has 0 bridgehead atoms. The molecule has 0 unspecified atom stereocenters. The van der Waals surface area contributed by atoms with Gasteiger partial charge in [-0.2, -0.15) is 5.10 Å². The van der Waals surface area contributed by atoms with Gasteiger partial charge < -0.3 is 9.64 Å². The number of likely N-dealkylation sites (tertiary alicyclic amines) is 1. The molecular weight excluding hydrogens is 404 g/mol. The summed E-state index contributed by atoms with van der Waals surface area (Å²) in [4.78, 5) is 14.2. The molecule has 1 aromatic heterocycles.